The van der Waals surface area contributed by atoms with E-state index in [4.69, 9.17) is 1.37 Å². The minimum atomic E-state index is -1.27. The lowest BCUT2D eigenvalue weighted by molar-refractivity contribution is -0.123. The molecular weight excluding hydrogens is 477 g/mol. The third-order valence-electron chi connectivity index (χ3n) is 7.18. The number of fused-ring (bicyclic) bond motifs is 1. The Balaban J connectivity index is 1.50. The number of anilines is 1. The van der Waals surface area contributed by atoms with E-state index in [0.717, 1.165) is 54.3 Å². The molecule has 1 amide bonds. The number of rotatable bonds is 7. The van der Waals surface area contributed by atoms with E-state index in [0.29, 0.717) is 11.3 Å². The summed E-state index contributed by atoms with van der Waals surface area (Å²) in [6.07, 6.45) is 9.46. The van der Waals surface area contributed by atoms with Crippen LogP contribution in [0.3, 0.4) is 0 Å². The van der Waals surface area contributed by atoms with Crippen LogP contribution in [-0.2, 0) is 23.2 Å². The lowest BCUT2D eigenvalue weighted by atomic mass is 9.88. The molecule has 1 aliphatic rings. The molecule has 194 valence electrons. The first kappa shape index (κ1) is 24.3. The zero-order chi connectivity index (χ0) is 27.5. The van der Waals surface area contributed by atoms with Crippen molar-refractivity contribution in [2.75, 3.05) is 4.90 Å². The van der Waals surface area contributed by atoms with Crippen LogP contribution in [0, 0.1) is 11.7 Å². The van der Waals surface area contributed by atoms with Crippen LogP contribution in [0.5, 0.6) is 0 Å². The molecule has 1 aliphatic carbocycles. The van der Waals surface area contributed by atoms with Crippen LogP contribution in [0.25, 0.3) is 28.2 Å². The SMILES string of the molecule is [2H]C(c1ccc(-c2ccc3c(c2)ncn3C)cc1F)N(C(=O)C1CCCCC1)c1cccc(/C=C/C(C)=O)c1. The number of ketones is 1. The van der Waals surface area contributed by atoms with E-state index < -0.39 is 12.3 Å². The van der Waals surface area contributed by atoms with E-state index in [1.54, 1.807) is 42.7 Å². The number of halogens is 1. The normalized spacial score (nSPS) is 15.5. The summed E-state index contributed by atoms with van der Waals surface area (Å²) in [5.41, 5.74) is 4.69. The second-order valence-electron chi connectivity index (χ2n) is 10.0. The fraction of sp³-hybridized carbons (Fsp3) is 0.281. The topological polar surface area (TPSA) is 55.2 Å². The Morgan fingerprint density at radius 2 is 1.84 bits per heavy atom. The Hall–Kier alpha value is -4.06. The summed E-state index contributed by atoms with van der Waals surface area (Å²) in [5.74, 6) is -0.983. The molecule has 1 saturated carbocycles. The van der Waals surface area contributed by atoms with Crippen molar-refractivity contribution in [3.05, 3.63) is 90.0 Å². The molecule has 1 atom stereocenters. The average molecular weight is 511 g/mol. The van der Waals surface area contributed by atoms with Crippen LogP contribution in [-0.4, -0.2) is 21.2 Å². The second-order valence-corrected chi connectivity index (χ2v) is 10.0. The number of amides is 1. The van der Waals surface area contributed by atoms with Crippen LogP contribution in [0.1, 0.15) is 51.5 Å². The summed E-state index contributed by atoms with van der Waals surface area (Å²) >= 11 is 0. The van der Waals surface area contributed by atoms with Gasteiger partial charge in [0.05, 0.1) is 25.3 Å². The number of benzene rings is 3. The van der Waals surface area contributed by atoms with Crippen molar-refractivity contribution in [1.82, 2.24) is 9.55 Å². The van der Waals surface area contributed by atoms with E-state index in [1.807, 2.05) is 35.9 Å². The largest absolute Gasteiger partial charge is 0.334 e. The Bertz CT molecular complexity index is 1550. The molecule has 5 rings (SSSR count). The molecule has 1 heterocycles. The van der Waals surface area contributed by atoms with Crippen molar-refractivity contribution < 1.29 is 15.4 Å². The van der Waals surface area contributed by atoms with Gasteiger partial charge in [0, 0.05) is 24.2 Å². The molecule has 0 N–H and O–H groups in total. The van der Waals surface area contributed by atoms with E-state index >= 15 is 4.39 Å². The van der Waals surface area contributed by atoms with Gasteiger partial charge in [-0.05, 0) is 72.9 Å². The van der Waals surface area contributed by atoms with Crippen molar-refractivity contribution in [1.29, 1.82) is 0 Å². The molecule has 1 unspecified atom stereocenters. The standard InChI is InChI=1S/C32H32FN3O2/c1-22(37)11-12-23-7-6-10-28(17-23)36(32(38)24-8-4-3-5-9-24)20-27-14-13-25(18-29(27)33)26-15-16-31-30(19-26)34-21-35(31)2/h6-7,10-19,21,24H,3-5,8-9,20H2,1-2H3/b12-11+/i20D. The highest BCUT2D eigenvalue weighted by atomic mass is 19.1. The van der Waals surface area contributed by atoms with Crippen LogP contribution >= 0.6 is 0 Å². The zero-order valence-corrected chi connectivity index (χ0v) is 21.7. The van der Waals surface area contributed by atoms with Crippen LogP contribution in [0.4, 0.5) is 10.1 Å². The predicted molar refractivity (Wildman–Crippen MR) is 150 cm³/mol. The zero-order valence-electron chi connectivity index (χ0n) is 22.7. The third kappa shape index (κ3) is 5.59. The van der Waals surface area contributed by atoms with Gasteiger partial charge in [-0.25, -0.2) is 9.37 Å². The van der Waals surface area contributed by atoms with Gasteiger partial charge >= 0.3 is 0 Å². The van der Waals surface area contributed by atoms with Gasteiger partial charge in [-0.15, -0.1) is 0 Å². The van der Waals surface area contributed by atoms with Crippen LogP contribution in [0.15, 0.2) is 73.1 Å². The molecule has 0 radical (unpaired) electrons. The Morgan fingerprint density at radius 3 is 2.61 bits per heavy atom. The quantitative estimate of drug-likeness (QED) is 0.249. The fourth-order valence-corrected chi connectivity index (χ4v) is 5.07. The van der Waals surface area contributed by atoms with Gasteiger partial charge in [-0.1, -0.05) is 55.7 Å². The average Bonchev–Trinajstić information content (AvgIpc) is 3.32. The number of allylic oxidation sites excluding steroid dienone is 1. The lowest BCUT2D eigenvalue weighted by Crippen LogP contribution is -2.37. The van der Waals surface area contributed by atoms with Gasteiger partial charge < -0.3 is 9.47 Å². The Kier molecular flexibility index (Phi) is 7.12. The van der Waals surface area contributed by atoms with E-state index in [1.165, 1.54) is 24.0 Å². The number of nitrogens with zero attached hydrogens (tertiary/aromatic N) is 3. The Labute approximate surface area is 224 Å². The minimum absolute atomic E-state index is 0.0849. The number of aromatic nitrogens is 2. The molecule has 0 aliphatic heterocycles. The molecule has 5 nitrogen and oxygen atoms in total. The molecule has 4 aromatic rings. The summed E-state index contributed by atoms with van der Waals surface area (Å²) in [7, 11) is 1.92. The monoisotopic (exact) mass is 510 g/mol. The maximum atomic E-state index is 15.6. The Morgan fingerprint density at radius 1 is 1.08 bits per heavy atom. The molecule has 38 heavy (non-hydrogen) atoms. The number of hydrogen-bond donors (Lipinski definition) is 0. The summed E-state index contributed by atoms with van der Waals surface area (Å²) in [4.78, 5) is 31.1. The first-order valence-corrected chi connectivity index (χ1v) is 13.1. The summed E-state index contributed by atoms with van der Waals surface area (Å²) in [6, 6.07) is 17.8. The molecule has 1 fully saturated rings. The molecule has 1 aromatic heterocycles. The smallest absolute Gasteiger partial charge is 0.230 e. The first-order valence-electron chi connectivity index (χ1n) is 13.6. The van der Waals surface area contributed by atoms with E-state index in [-0.39, 0.29) is 23.2 Å². The second kappa shape index (κ2) is 11.1. The molecule has 3 aromatic carbocycles. The third-order valence-corrected chi connectivity index (χ3v) is 7.18. The van der Waals surface area contributed by atoms with Crippen LogP contribution < -0.4 is 4.90 Å². The number of imidazole rings is 1. The fourth-order valence-electron chi connectivity index (χ4n) is 5.07. The van der Waals surface area contributed by atoms with Crippen LogP contribution in [0.2, 0.25) is 0 Å². The van der Waals surface area contributed by atoms with Crippen molar-refractivity contribution in [3.63, 3.8) is 0 Å². The highest BCUT2D eigenvalue weighted by Crippen LogP contribution is 2.31. The summed E-state index contributed by atoms with van der Waals surface area (Å²) < 4.78 is 26.7. The number of hydrogen-bond acceptors (Lipinski definition) is 3. The number of carbonyl (C=O) groups is 2. The van der Waals surface area contributed by atoms with Gasteiger partial charge in [0.15, 0.2) is 5.78 Å². The van der Waals surface area contributed by atoms with Crippen molar-refractivity contribution in [2.24, 2.45) is 13.0 Å². The molecule has 0 bridgehead atoms. The van der Waals surface area contributed by atoms with Gasteiger partial charge in [-0.3, -0.25) is 9.59 Å². The van der Waals surface area contributed by atoms with Crippen molar-refractivity contribution in [2.45, 2.75) is 45.5 Å². The van der Waals surface area contributed by atoms with Crippen molar-refractivity contribution in [3.8, 4) is 11.1 Å². The van der Waals surface area contributed by atoms with E-state index in [9.17, 15) is 9.59 Å². The molecule has 6 heteroatoms. The van der Waals surface area contributed by atoms with Crippen molar-refractivity contribution >= 4 is 34.5 Å². The first-order chi connectivity index (χ1) is 18.8. The maximum absolute atomic E-state index is 15.6. The lowest BCUT2D eigenvalue weighted by Gasteiger charge is -2.30. The molecule has 0 spiro atoms. The molecule has 0 saturated heterocycles. The van der Waals surface area contributed by atoms with Gasteiger partial charge in [-0.2, -0.15) is 0 Å². The number of aryl methyl sites for hydroxylation is 1. The van der Waals surface area contributed by atoms with Gasteiger partial charge in [0.25, 0.3) is 0 Å². The van der Waals surface area contributed by atoms with Gasteiger partial charge in [0.1, 0.15) is 5.82 Å². The van der Waals surface area contributed by atoms with E-state index in [2.05, 4.69) is 4.98 Å². The molecular formula is C32H32FN3O2. The summed E-state index contributed by atoms with van der Waals surface area (Å²) in [5, 5.41) is 0. The highest BCUT2D eigenvalue weighted by Gasteiger charge is 2.28. The summed E-state index contributed by atoms with van der Waals surface area (Å²) in [6.45, 7) is 0.207. The van der Waals surface area contributed by atoms with Gasteiger partial charge in [0.2, 0.25) is 5.91 Å². The predicted octanol–water partition coefficient (Wildman–Crippen LogP) is 7.10. The highest BCUT2D eigenvalue weighted by molar-refractivity contribution is 5.96. The maximum Gasteiger partial charge on any atom is 0.230 e. The number of carbonyl (C=O) groups excluding carboxylic acids is 2. The minimum Gasteiger partial charge on any atom is -0.334 e.